The Kier molecular flexibility index (Phi) is 15.4. The first-order valence-electron chi connectivity index (χ1n) is 15.8. The highest BCUT2D eigenvalue weighted by Crippen LogP contribution is 2.25. The van der Waals surface area contributed by atoms with Crippen LogP contribution < -0.4 is 9.47 Å². The fraction of sp³-hybridized carbons (Fsp3) is 0.432. The van der Waals surface area contributed by atoms with Gasteiger partial charge < -0.3 is 18.9 Å². The summed E-state index contributed by atoms with van der Waals surface area (Å²) in [5, 5.41) is 8.92. The van der Waals surface area contributed by atoms with Gasteiger partial charge in [0.2, 0.25) is 0 Å². The smallest absolute Gasteiger partial charge is 0.320 e. The van der Waals surface area contributed by atoms with Crippen molar-refractivity contribution in [3.63, 3.8) is 0 Å². The van der Waals surface area contributed by atoms with Gasteiger partial charge in [0.25, 0.3) is 0 Å². The molecule has 7 nitrogen and oxygen atoms in total. The van der Waals surface area contributed by atoms with Crippen molar-refractivity contribution in [3.05, 3.63) is 83.9 Å². The number of benzene rings is 3. The summed E-state index contributed by atoms with van der Waals surface area (Å²) < 4.78 is 21.9. The molecule has 234 valence electrons. The number of nitriles is 1. The van der Waals surface area contributed by atoms with E-state index in [0.29, 0.717) is 25.2 Å². The number of esters is 2. The van der Waals surface area contributed by atoms with E-state index in [2.05, 4.69) is 18.2 Å². The molecule has 0 aliphatic carbocycles. The molecule has 0 radical (unpaired) electrons. The number of ether oxygens (including phenoxy) is 4. The summed E-state index contributed by atoms with van der Waals surface area (Å²) in [6, 6.07) is 25.7. The monoisotopic (exact) mass is 599 g/mol. The van der Waals surface area contributed by atoms with Crippen LogP contribution in [-0.2, 0) is 25.7 Å². The third kappa shape index (κ3) is 12.1. The summed E-state index contributed by atoms with van der Waals surface area (Å²) in [6.07, 6.45) is 9.03. The average molecular weight is 600 g/mol. The molecule has 0 amide bonds. The first-order chi connectivity index (χ1) is 21.5. The summed E-state index contributed by atoms with van der Waals surface area (Å²) in [6.45, 7) is 5.17. The van der Waals surface area contributed by atoms with E-state index >= 15 is 0 Å². The Balaban J connectivity index is 1.24. The fourth-order valence-electron chi connectivity index (χ4n) is 4.85. The van der Waals surface area contributed by atoms with E-state index in [1.807, 2.05) is 48.5 Å². The number of nitrogens with zero attached hydrogens (tertiary/aromatic N) is 1. The number of carbonyl (C=O) groups excluding carboxylic acids is 2. The van der Waals surface area contributed by atoms with Gasteiger partial charge in [0.15, 0.2) is 5.92 Å². The van der Waals surface area contributed by atoms with Crippen LogP contribution in [0.4, 0.5) is 0 Å². The maximum absolute atomic E-state index is 12.0. The number of unbranched alkanes of at least 4 members (excludes halogenated alkanes) is 7. The molecule has 0 saturated heterocycles. The molecule has 0 unspecified atom stereocenters. The normalized spacial score (nSPS) is 10.7. The van der Waals surface area contributed by atoms with Crippen LogP contribution in [0.25, 0.3) is 11.1 Å². The molecule has 0 bridgehead atoms. The van der Waals surface area contributed by atoms with E-state index in [1.165, 1.54) is 12.8 Å². The Bertz CT molecular complexity index is 1280. The molecule has 0 N–H and O–H groups in total. The van der Waals surface area contributed by atoms with Crippen LogP contribution in [0.15, 0.2) is 72.8 Å². The zero-order valence-electron chi connectivity index (χ0n) is 26.1. The Morgan fingerprint density at radius 3 is 1.61 bits per heavy atom. The molecule has 7 heteroatoms. The molecule has 0 aliphatic heterocycles. The summed E-state index contributed by atoms with van der Waals surface area (Å²) >= 11 is 0. The summed E-state index contributed by atoms with van der Waals surface area (Å²) in [7, 11) is 0. The van der Waals surface area contributed by atoms with Crippen LogP contribution >= 0.6 is 0 Å². The van der Waals surface area contributed by atoms with E-state index in [9.17, 15) is 9.59 Å². The van der Waals surface area contributed by atoms with Gasteiger partial charge in [-0.3, -0.25) is 9.59 Å². The molecular formula is C37H45NO6. The van der Waals surface area contributed by atoms with Crippen molar-refractivity contribution in [2.75, 3.05) is 19.8 Å². The number of hydrogen-bond donors (Lipinski definition) is 0. The molecule has 3 aromatic rings. The zero-order valence-corrected chi connectivity index (χ0v) is 26.1. The molecule has 3 aromatic carbocycles. The van der Waals surface area contributed by atoms with Crippen molar-refractivity contribution in [1.29, 1.82) is 5.26 Å². The molecular weight excluding hydrogens is 554 g/mol. The predicted octanol–water partition coefficient (Wildman–Crippen LogP) is 8.44. The highest BCUT2D eigenvalue weighted by Gasteiger charge is 2.28. The minimum absolute atomic E-state index is 0.266. The number of rotatable bonds is 20. The second-order valence-corrected chi connectivity index (χ2v) is 10.7. The number of hydrogen-bond acceptors (Lipinski definition) is 7. The average Bonchev–Trinajstić information content (AvgIpc) is 3.05. The van der Waals surface area contributed by atoms with Crippen LogP contribution in [0.2, 0.25) is 0 Å². The third-order valence-electron chi connectivity index (χ3n) is 7.33. The van der Waals surface area contributed by atoms with Gasteiger partial charge in [-0.15, -0.1) is 0 Å². The van der Waals surface area contributed by atoms with Crippen molar-refractivity contribution >= 4 is 11.9 Å². The number of carbonyl (C=O) groups is 2. The van der Waals surface area contributed by atoms with E-state index in [0.717, 1.165) is 66.7 Å². The lowest BCUT2D eigenvalue weighted by Gasteiger charge is -2.14. The van der Waals surface area contributed by atoms with Crippen molar-refractivity contribution in [2.24, 2.45) is 5.92 Å². The zero-order chi connectivity index (χ0) is 31.4. The first-order valence-corrected chi connectivity index (χ1v) is 15.8. The second kappa shape index (κ2) is 19.8. The van der Waals surface area contributed by atoms with Crippen LogP contribution in [-0.4, -0.2) is 31.8 Å². The highest BCUT2D eigenvalue weighted by molar-refractivity contribution is 5.94. The van der Waals surface area contributed by atoms with Crippen molar-refractivity contribution < 1.29 is 28.5 Å². The molecule has 0 heterocycles. The lowest BCUT2D eigenvalue weighted by molar-refractivity contribution is -0.161. The fourth-order valence-corrected chi connectivity index (χ4v) is 4.85. The van der Waals surface area contributed by atoms with Crippen molar-refractivity contribution in [2.45, 2.75) is 78.2 Å². The van der Waals surface area contributed by atoms with Gasteiger partial charge in [-0.2, -0.15) is 5.26 Å². The van der Waals surface area contributed by atoms with E-state index in [-0.39, 0.29) is 13.2 Å². The molecule has 0 saturated carbocycles. The van der Waals surface area contributed by atoms with E-state index in [1.54, 1.807) is 26.0 Å². The van der Waals surface area contributed by atoms with Crippen molar-refractivity contribution in [3.8, 4) is 28.7 Å². The second-order valence-electron chi connectivity index (χ2n) is 10.7. The van der Waals surface area contributed by atoms with Crippen molar-refractivity contribution in [1.82, 2.24) is 0 Å². The Hall–Kier alpha value is -4.31. The van der Waals surface area contributed by atoms with E-state index in [4.69, 9.17) is 24.2 Å². The topological polar surface area (TPSA) is 94.9 Å². The first kappa shape index (κ1) is 34.2. The minimum atomic E-state index is -0.800. The van der Waals surface area contributed by atoms with Gasteiger partial charge >= 0.3 is 11.9 Å². The molecule has 44 heavy (non-hydrogen) atoms. The van der Waals surface area contributed by atoms with Gasteiger partial charge in [0, 0.05) is 0 Å². The summed E-state index contributed by atoms with van der Waals surface area (Å²) in [5.41, 5.74) is 3.89. The summed E-state index contributed by atoms with van der Waals surface area (Å²) in [5.74, 6) is -0.0734. The molecule has 0 atom stereocenters. The largest absolute Gasteiger partial charge is 0.494 e. The predicted molar refractivity (Wildman–Crippen MR) is 171 cm³/mol. The van der Waals surface area contributed by atoms with Crippen LogP contribution in [0.3, 0.4) is 0 Å². The maximum atomic E-state index is 12.0. The van der Waals surface area contributed by atoms with E-state index < -0.39 is 17.9 Å². The molecule has 0 fully saturated rings. The Labute approximate surface area is 262 Å². The molecule has 0 spiro atoms. The van der Waals surface area contributed by atoms with Gasteiger partial charge in [-0.25, -0.2) is 0 Å². The molecule has 0 aliphatic rings. The SMILES string of the molecule is CCOC(=O)C(CCCCCCCCCCOc1ccc(-c2ccc(OCc3ccc(C#N)cc3)cc2)cc1)C(=O)OCC. The quantitative estimate of drug-likeness (QED) is 0.0731. The minimum Gasteiger partial charge on any atom is -0.494 e. The van der Waals surface area contributed by atoms with Gasteiger partial charge in [-0.05, 0) is 79.8 Å². The molecule has 3 rings (SSSR count). The van der Waals surface area contributed by atoms with Crippen LogP contribution in [0.1, 0.15) is 82.8 Å². The van der Waals surface area contributed by atoms with Gasteiger partial charge in [0.05, 0.1) is 31.5 Å². The third-order valence-corrected chi connectivity index (χ3v) is 7.33. The van der Waals surface area contributed by atoms with Gasteiger partial charge in [0.1, 0.15) is 18.1 Å². The lowest BCUT2D eigenvalue weighted by Crippen LogP contribution is -2.28. The summed E-state index contributed by atoms with van der Waals surface area (Å²) in [4.78, 5) is 24.1. The van der Waals surface area contributed by atoms with Crippen LogP contribution in [0.5, 0.6) is 11.5 Å². The maximum Gasteiger partial charge on any atom is 0.320 e. The highest BCUT2D eigenvalue weighted by atomic mass is 16.6. The Morgan fingerprint density at radius 2 is 1.11 bits per heavy atom. The Morgan fingerprint density at radius 1 is 0.636 bits per heavy atom. The standard InChI is InChI=1S/C37H45NO6/c1-3-41-36(39)35(37(40)42-4-2)13-11-9-7-5-6-8-10-12-26-43-33-22-18-31(19-23-33)32-20-24-34(25-21-32)44-28-30-16-14-29(27-38)15-17-30/h14-25,35H,3-13,26,28H2,1-2H3. The molecule has 0 aromatic heterocycles. The van der Waals surface area contributed by atoms with Gasteiger partial charge in [-0.1, -0.05) is 81.3 Å². The van der Waals surface area contributed by atoms with Crippen LogP contribution in [0, 0.1) is 17.2 Å². The lowest BCUT2D eigenvalue weighted by atomic mass is 10.00.